The van der Waals surface area contributed by atoms with Gasteiger partial charge in [-0.25, -0.2) is 0 Å². The summed E-state index contributed by atoms with van der Waals surface area (Å²) in [4.78, 5) is 2.16. The molecule has 0 aliphatic rings. The van der Waals surface area contributed by atoms with Gasteiger partial charge >= 0.3 is 0 Å². The van der Waals surface area contributed by atoms with Crippen LogP contribution in [0.5, 0.6) is 0 Å². The topological polar surface area (TPSA) is 36.3 Å². The lowest BCUT2D eigenvalue weighted by molar-refractivity contribution is 0.108. The first-order chi connectivity index (χ1) is 6.14. The van der Waals surface area contributed by atoms with Crippen molar-refractivity contribution < 1.29 is 4.74 Å². The second kappa shape index (κ2) is 5.95. The Morgan fingerprint density at radius 3 is 2.23 bits per heavy atom. The van der Waals surface area contributed by atoms with E-state index in [1.807, 2.05) is 6.92 Å². The summed E-state index contributed by atoms with van der Waals surface area (Å²) in [5.74, 6) is 0. The van der Waals surface area contributed by atoms with Crippen molar-refractivity contribution in [1.82, 2.24) is 4.90 Å². The van der Waals surface area contributed by atoms with Gasteiger partial charge in [-0.1, -0.05) is 13.8 Å². The summed E-state index contributed by atoms with van der Waals surface area (Å²) in [6.07, 6.45) is 0.766. The first kappa shape index (κ1) is 12.4. The Kier molecular flexibility index (Phi) is 5.68. The van der Waals surface area contributed by atoms with Crippen LogP contribution in [0.2, 0.25) is 0 Å². The van der Waals surface area contributed by atoms with Gasteiger partial charge in [-0.15, -0.1) is 0 Å². The van der Waals surface area contributed by atoms with E-state index in [2.05, 4.69) is 24.8 Å². The Morgan fingerprint density at radius 1 is 1.38 bits per heavy atom. The van der Waals surface area contributed by atoms with E-state index >= 15 is 0 Å². The molecule has 0 aromatic rings. The maximum absolute atomic E-state index is 9.10. The third kappa shape index (κ3) is 3.33. The molecule has 0 fully saturated rings. The van der Waals surface area contributed by atoms with Crippen molar-refractivity contribution in [3.63, 3.8) is 0 Å². The van der Waals surface area contributed by atoms with E-state index in [-0.39, 0.29) is 5.54 Å². The lowest BCUT2D eigenvalue weighted by Gasteiger charge is -2.34. The summed E-state index contributed by atoms with van der Waals surface area (Å²) < 4.78 is 5.00. The van der Waals surface area contributed by atoms with E-state index in [1.165, 1.54) is 0 Å². The van der Waals surface area contributed by atoms with E-state index < -0.39 is 0 Å². The standard InChI is InChI=1S/C10H20N2O/c1-5-12(6-2)10(3,9-11)7-8-13-4/h5-8H2,1-4H3. The predicted molar refractivity (Wildman–Crippen MR) is 53.4 cm³/mol. The molecule has 0 saturated carbocycles. The van der Waals surface area contributed by atoms with Crippen molar-refractivity contribution in [3.05, 3.63) is 0 Å². The normalized spacial score (nSPS) is 15.4. The SMILES string of the molecule is CCN(CC)C(C)(C#N)CCOC. The molecule has 76 valence electrons. The van der Waals surface area contributed by atoms with Gasteiger partial charge in [0.2, 0.25) is 0 Å². The van der Waals surface area contributed by atoms with E-state index in [0.29, 0.717) is 6.61 Å². The minimum atomic E-state index is -0.375. The largest absolute Gasteiger partial charge is 0.385 e. The molecule has 0 amide bonds. The molecule has 0 aromatic heterocycles. The maximum Gasteiger partial charge on any atom is 0.108 e. The van der Waals surface area contributed by atoms with E-state index in [0.717, 1.165) is 19.5 Å². The molecule has 3 nitrogen and oxygen atoms in total. The van der Waals surface area contributed by atoms with Crippen LogP contribution < -0.4 is 0 Å². The number of nitrogens with zero attached hydrogens (tertiary/aromatic N) is 2. The van der Waals surface area contributed by atoms with Crippen LogP contribution in [-0.2, 0) is 4.74 Å². The monoisotopic (exact) mass is 184 g/mol. The Bertz CT molecular complexity index is 172. The highest BCUT2D eigenvalue weighted by molar-refractivity contribution is 5.04. The molecular formula is C10H20N2O. The van der Waals surface area contributed by atoms with Crippen LogP contribution in [0.1, 0.15) is 27.2 Å². The Morgan fingerprint density at radius 2 is 1.92 bits per heavy atom. The van der Waals surface area contributed by atoms with Crippen LogP contribution >= 0.6 is 0 Å². The minimum absolute atomic E-state index is 0.375. The van der Waals surface area contributed by atoms with Gasteiger partial charge in [-0.05, 0) is 20.0 Å². The second-order valence-corrected chi connectivity index (χ2v) is 3.30. The van der Waals surface area contributed by atoms with Crippen LogP contribution in [0.25, 0.3) is 0 Å². The summed E-state index contributed by atoms with van der Waals surface area (Å²) in [7, 11) is 1.67. The molecule has 0 spiro atoms. The summed E-state index contributed by atoms with van der Waals surface area (Å²) in [5.41, 5.74) is -0.375. The molecule has 13 heavy (non-hydrogen) atoms. The molecular weight excluding hydrogens is 164 g/mol. The van der Waals surface area contributed by atoms with Crippen molar-refractivity contribution in [1.29, 1.82) is 5.26 Å². The van der Waals surface area contributed by atoms with Crippen molar-refractivity contribution in [2.45, 2.75) is 32.7 Å². The summed E-state index contributed by atoms with van der Waals surface area (Å²) >= 11 is 0. The molecule has 0 aliphatic carbocycles. The fourth-order valence-corrected chi connectivity index (χ4v) is 1.51. The van der Waals surface area contributed by atoms with Gasteiger partial charge in [0.05, 0.1) is 6.07 Å². The average molecular weight is 184 g/mol. The van der Waals surface area contributed by atoms with Crippen LogP contribution in [0.4, 0.5) is 0 Å². The van der Waals surface area contributed by atoms with Gasteiger partial charge < -0.3 is 4.74 Å². The Hall–Kier alpha value is -0.590. The second-order valence-electron chi connectivity index (χ2n) is 3.30. The first-order valence-corrected chi connectivity index (χ1v) is 4.79. The molecule has 0 bridgehead atoms. The van der Waals surface area contributed by atoms with Crippen molar-refractivity contribution in [2.75, 3.05) is 26.8 Å². The van der Waals surface area contributed by atoms with E-state index in [1.54, 1.807) is 7.11 Å². The fraction of sp³-hybridized carbons (Fsp3) is 0.900. The van der Waals surface area contributed by atoms with E-state index in [9.17, 15) is 0 Å². The average Bonchev–Trinajstić information content (AvgIpc) is 2.16. The molecule has 0 radical (unpaired) electrons. The molecule has 0 heterocycles. The number of rotatable bonds is 6. The van der Waals surface area contributed by atoms with Gasteiger partial charge in [0, 0.05) is 20.1 Å². The molecule has 1 atom stereocenters. The molecule has 0 saturated heterocycles. The summed E-state index contributed by atoms with van der Waals surface area (Å²) in [5, 5.41) is 9.10. The number of hydrogen-bond acceptors (Lipinski definition) is 3. The zero-order chi connectivity index (χ0) is 10.3. The lowest BCUT2D eigenvalue weighted by Crippen LogP contribution is -2.45. The lowest BCUT2D eigenvalue weighted by atomic mass is 9.98. The highest BCUT2D eigenvalue weighted by Gasteiger charge is 2.29. The molecule has 1 unspecified atom stereocenters. The predicted octanol–water partition coefficient (Wildman–Crippen LogP) is 1.65. The van der Waals surface area contributed by atoms with Crippen LogP contribution in [0.15, 0.2) is 0 Å². The fourth-order valence-electron chi connectivity index (χ4n) is 1.51. The van der Waals surface area contributed by atoms with Gasteiger partial charge in [0.1, 0.15) is 5.54 Å². The maximum atomic E-state index is 9.10. The van der Waals surface area contributed by atoms with Crippen molar-refractivity contribution >= 4 is 0 Å². The Balaban J connectivity index is 4.33. The summed E-state index contributed by atoms with van der Waals surface area (Å²) in [6, 6.07) is 2.36. The zero-order valence-corrected chi connectivity index (χ0v) is 9.13. The number of ether oxygens (including phenoxy) is 1. The third-order valence-corrected chi connectivity index (χ3v) is 2.50. The highest BCUT2D eigenvalue weighted by atomic mass is 16.5. The number of methoxy groups -OCH3 is 1. The van der Waals surface area contributed by atoms with Crippen LogP contribution in [0, 0.1) is 11.3 Å². The zero-order valence-electron chi connectivity index (χ0n) is 9.13. The van der Waals surface area contributed by atoms with Crippen LogP contribution in [0.3, 0.4) is 0 Å². The third-order valence-electron chi connectivity index (χ3n) is 2.50. The van der Waals surface area contributed by atoms with Crippen molar-refractivity contribution in [3.8, 4) is 6.07 Å². The summed E-state index contributed by atoms with van der Waals surface area (Å²) in [6.45, 7) is 8.58. The molecule has 0 rings (SSSR count). The number of hydrogen-bond donors (Lipinski definition) is 0. The van der Waals surface area contributed by atoms with Gasteiger partial charge in [-0.3, -0.25) is 4.90 Å². The number of nitriles is 1. The van der Waals surface area contributed by atoms with E-state index in [4.69, 9.17) is 10.00 Å². The van der Waals surface area contributed by atoms with Crippen molar-refractivity contribution in [2.24, 2.45) is 0 Å². The highest BCUT2D eigenvalue weighted by Crippen LogP contribution is 2.17. The molecule has 0 N–H and O–H groups in total. The van der Waals surface area contributed by atoms with Gasteiger partial charge in [-0.2, -0.15) is 5.26 Å². The first-order valence-electron chi connectivity index (χ1n) is 4.79. The minimum Gasteiger partial charge on any atom is -0.385 e. The van der Waals surface area contributed by atoms with Gasteiger partial charge in [0.15, 0.2) is 0 Å². The Labute approximate surface area is 81.3 Å². The van der Waals surface area contributed by atoms with Crippen LogP contribution in [-0.4, -0.2) is 37.2 Å². The van der Waals surface area contributed by atoms with Gasteiger partial charge in [0.25, 0.3) is 0 Å². The smallest absolute Gasteiger partial charge is 0.108 e. The molecule has 3 heteroatoms. The molecule has 0 aliphatic heterocycles. The molecule has 0 aromatic carbocycles. The quantitative estimate of drug-likeness (QED) is 0.629.